The number of aryl methyl sites for hydroxylation is 1. The van der Waals surface area contributed by atoms with Gasteiger partial charge in [0.05, 0.1) is 12.5 Å². The molecule has 0 radical (unpaired) electrons. The zero-order chi connectivity index (χ0) is 18.4. The number of alkyl halides is 3. The maximum absolute atomic E-state index is 12.2. The van der Waals surface area contributed by atoms with Crippen molar-refractivity contribution in [3.63, 3.8) is 0 Å². The van der Waals surface area contributed by atoms with Gasteiger partial charge in [-0.1, -0.05) is 24.3 Å². The molecule has 134 valence electrons. The van der Waals surface area contributed by atoms with Gasteiger partial charge in [0.15, 0.2) is 0 Å². The van der Waals surface area contributed by atoms with Crippen molar-refractivity contribution in [2.24, 2.45) is 0 Å². The van der Waals surface area contributed by atoms with Gasteiger partial charge in [0.1, 0.15) is 12.2 Å². The first-order valence-corrected chi connectivity index (χ1v) is 7.45. The smallest absolute Gasteiger partial charge is 0.347 e. The van der Waals surface area contributed by atoms with Crippen LogP contribution in [0.5, 0.6) is 0 Å². The largest absolute Gasteiger partial charge is 0.405 e. The molecule has 2 rings (SSSR count). The summed E-state index contributed by atoms with van der Waals surface area (Å²) in [6, 6.07) is 7.70. The van der Waals surface area contributed by atoms with Gasteiger partial charge in [-0.05, 0) is 24.1 Å². The average Bonchev–Trinajstić information content (AvgIpc) is 3.07. The van der Waals surface area contributed by atoms with Crippen LogP contribution in [0, 0.1) is 6.92 Å². The predicted octanol–water partition coefficient (Wildman–Crippen LogP) is 2.26. The Labute approximate surface area is 141 Å². The van der Waals surface area contributed by atoms with E-state index >= 15 is 0 Å². The fourth-order valence-corrected chi connectivity index (χ4v) is 2.29. The number of H-pyrrole nitrogens is 1. The van der Waals surface area contributed by atoms with E-state index < -0.39 is 30.6 Å². The molecule has 0 aliphatic rings. The zero-order valence-electron chi connectivity index (χ0n) is 13.4. The van der Waals surface area contributed by atoms with Gasteiger partial charge in [0, 0.05) is 6.20 Å². The molecule has 0 spiro atoms. The van der Waals surface area contributed by atoms with E-state index in [1.165, 1.54) is 12.3 Å². The van der Waals surface area contributed by atoms with Crippen LogP contribution in [-0.4, -0.2) is 34.7 Å². The van der Waals surface area contributed by atoms with Crippen LogP contribution in [-0.2, 0) is 4.79 Å². The minimum atomic E-state index is -4.49. The minimum absolute atomic E-state index is 0.189. The molecule has 3 N–H and O–H groups in total. The second-order valence-corrected chi connectivity index (χ2v) is 5.45. The highest BCUT2D eigenvalue weighted by Crippen LogP contribution is 2.21. The normalized spacial score (nSPS) is 12.5. The molecule has 0 fully saturated rings. The van der Waals surface area contributed by atoms with Gasteiger partial charge in [-0.3, -0.25) is 14.7 Å². The molecule has 0 saturated carbocycles. The third kappa shape index (κ3) is 5.63. The van der Waals surface area contributed by atoms with Crippen molar-refractivity contribution in [3.8, 4) is 0 Å². The molecule has 0 aliphatic heterocycles. The van der Waals surface area contributed by atoms with E-state index in [9.17, 15) is 22.8 Å². The van der Waals surface area contributed by atoms with Crippen LogP contribution < -0.4 is 10.6 Å². The number of carbonyl (C=O) groups excluding carboxylic acids is 2. The number of hydrogen-bond acceptors (Lipinski definition) is 3. The van der Waals surface area contributed by atoms with Gasteiger partial charge in [0.25, 0.3) is 5.91 Å². The molecule has 1 heterocycles. The summed E-state index contributed by atoms with van der Waals surface area (Å²) in [7, 11) is 0. The molecule has 1 aromatic heterocycles. The van der Waals surface area contributed by atoms with Gasteiger partial charge in [0.2, 0.25) is 5.91 Å². The van der Waals surface area contributed by atoms with E-state index in [0.717, 1.165) is 5.56 Å². The second kappa shape index (κ2) is 7.82. The molecule has 9 heteroatoms. The van der Waals surface area contributed by atoms with Crippen molar-refractivity contribution in [3.05, 3.63) is 53.3 Å². The number of amides is 2. The molecule has 25 heavy (non-hydrogen) atoms. The summed E-state index contributed by atoms with van der Waals surface area (Å²) in [4.78, 5) is 24.1. The van der Waals surface area contributed by atoms with Crippen molar-refractivity contribution in [1.82, 2.24) is 20.8 Å². The number of benzene rings is 1. The van der Waals surface area contributed by atoms with Crippen LogP contribution in [0.1, 0.15) is 34.1 Å². The van der Waals surface area contributed by atoms with Crippen LogP contribution in [0.4, 0.5) is 13.2 Å². The van der Waals surface area contributed by atoms with Crippen molar-refractivity contribution in [2.75, 3.05) is 6.54 Å². The Morgan fingerprint density at radius 2 is 1.96 bits per heavy atom. The number of hydrogen-bond donors (Lipinski definition) is 3. The number of nitrogens with zero attached hydrogens (tertiary/aromatic N) is 1. The molecule has 0 aliphatic carbocycles. The molecule has 2 aromatic rings. The van der Waals surface area contributed by atoms with Crippen LogP contribution in [0.15, 0.2) is 36.5 Å². The fraction of sp³-hybridized carbons (Fsp3) is 0.312. The topological polar surface area (TPSA) is 86.9 Å². The Morgan fingerprint density at radius 3 is 2.56 bits per heavy atom. The summed E-state index contributed by atoms with van der Waals surface area (Å²) in [5.74, 6) is -1.31. The summed E-state index contributed by atoms with van der Waals surface area (Å²) >= 11 is 0. The van der Waals surface area contributed by atoms with Crippen LogP contribution in [0.25, 0.3) is 0 Å². The first kappa shape index (κ1) is 18.5. The molecular formula is C16H17F3N4O2. The van der Waals surface area contributed by atoms with E-state index in [4.69, 9.17) is 0 Å². The number of carbonyl (C=O) groups is 2. The standard InChI is InChI=1S/C16H17F3N4O2/c1-10-4-2-3-5-11(10)13(8-14(24)20-9-16(17,18)19)22-15(25)12-6-7-21-23-12/h2-7,13H,8-9H2,1H3,(H,20,24)(H,21,23)(H,22,25)/t13-/m0/s1. The lowest BCUT2D eigenvalue weighted by Crippen LogP contribution is -2.37. The minimum Gasteiger partial charge on any atom is -0.347 e. The first-order chi connectivity index (χ1) is 11.8. The molecule has 0 bridgehead atoms. The number of rotatable bonds is 6. The average molecular weight is 354 g/mol. The Balaban J connectivity index is 2.13. The lowest BCUT2D eigenvalue weighted by molar-refractivity contribution is -0.138. The molecule has 1 atom stereocenters. The number of aromatic amines is 1. The maximum atomic E-state index is 12.2. The molecular weight excluding hydrogens is 337 g/mol. The van der Waals surface area contributed by atoms with E-state index in [2.05, 4.69) is 15.5 Å². The SMILES string of the molecule is Cc1ccccc1[C@H](CC(=O)NCC(F)(F)F)NC(=O)c1ccn[nH]1. The highest BCUT2D eigenvalue weighted by Gasteiger charge is 2.29. The van der Waals surface area contributed by atoms with Crippen molar-refractivity contribution < 1.29 is 22.8 Å². The van der Waals surface area contributed by atoms with Crippen molar-refractivity contribution >= 4 is 11.8 Å². The Kier molecular flexibility index (Phi) is 5.79. The molecule has 6 nitrogen and oxygen atoms in total. The summed E-state index contributed by atoms with van der Waals surface area (Å²) in [5, 5.41) is 10.6. The predicted molar refractivity (Wildman–Crippen MR) is 83.7 cm³/mol. The van der Waals surface area contributed by atoms with Crippen LogP contribution >= 0.6 is 0 Å². The highest BCUT2D eigenvalue weighted by molar-refractivity contribution is 5.92. The Hall–Kier alpha value is -2.84. The summed E-state index contributed by atoms with van der Waals surface area (Å²) in [5.41, 5.74) is 1.65. The van der Waals surface area contributed by atoms with Gasteiger partial charge >= 0.3 is 6.18 Å². The third-order valence-electron chi connectivity index (χ3n) is 3.49. The molecule has 1 aromatic carbocycles. The zero-order valence-corrected chi connectivity index (χ0v) is 13.4. The Morgan fingerprint density at radius 1 is 1.24 bits per heavy atom. The summed E-state index contributed by atoms with van der Waals surface area (Å²) in [6.07, 6.45) is -3.42. The Bertz CT molecular complexity index is 729. The van der Waals surface area contributed by atoms with Crippen LogP contribution in [0.3, 0.4) is 0 Å². The van der Waals surface area contributed by atoms with E-state index in [-0.39, 0.29) is 12.1 Å². The van der Waals surface area contributed by atoms with E-state index in [1.54, 1.807) is 31.2 Å². The maximum Gasteiger partial charge on any atom is 0.405 e. The second-order valence-electron chi connectivity index (χ2n) is 5.45. The summed E-state index contributed by atoms with van der Waals surface area (Å²) in [6.45, 7) is 0.374. The lowest BCUT2D eigenvalue weighted by Gasteiger charge is -2.20. The summed E-state index contributed by atoms with van der Waals surface area (Å²) < 4.78 is 36.7. The lowest BCUT2D eigenvalue weighted by atomic mass is 9.98. The van der Waals surface area contributed by atoms with Gasteiger partial charge < -0.3 is 10.6 Å². The number of aromatic nitrogens is 2. The molecule has 0 unspecified atom stereocenters. The molecule has 0 saturated heterocycles. The van der Waals surface area contributed by atoms with E-state index in [1.807, 2.05) is 5.32 Å². The first-order valence-electron chi connectivity index (χ1n) is 7.45. The quantitative estimate of drug-likeness (QED) is 0.744. The fourth-order valence-electron chi connectivity index (χ4n) is 2.29. The van der Waals surface area contributed by atoms with Crippen molar-refractivity contribution in [2.45, 2.75) is 25.6 Å². The van der Waals surface area contributed by atoms with Gasteiger partial charge in [-0.2, -0.15) is 18.3 Å². The van der Waals surface area contributed by atoms with Crippen molar-refractivity contribution in [1.29, 1.82) is 0 Å². The van der Waals surface area contributed by atoms with Gasteiger partial charge in [-0.15, -0.1) is 0 Å². The van der Waals surface area contributed by atoms with Gasteiger partial charge in [-0.25, -0.2) is 0 Å². The molecule has 2 amide bonds. The number of nitrogens with one attached hydrogen (secondary N) is 3. The number of halogens is 3. The van der Waals surface area contributed by atoms with Crippen LogP contribution in [0.2, 0.25) is 0 Å². The highest BCUT2D eigenvalue weighted by atomic mass is 19.4. The third-order valence-corrected chi connectivity index (χ3v) is 3.49. The monoisotopic (exact) mass is 354 g/mol. The van der Waals surface area contributed by atoms with E-state index in [0.29, 0.717) is 5.56 Å².